The predicted molar refractivity (Wildman–Crippen MR) is 45.8 cm³/mol. The average Bonchev–Trinajstić information content (AvgIpc) is 2.61. The van der Waals surface area contributed by atoms with Crippen LogP contribution in [-0.2, 0) is 15.1 Å². The molecule has 0 radical (unpaired) electrons. The summed E-state index contributed by atoms with van der Waals surface area (Å²) < 4.78 is 1.76. The number of amides is 2. The average molecular weight is 178 g/mol. The molecule has 13 heavy (non-hydrogen) atoms. The molecule has 0 aliphatic carbocycles. The summed E-state index contributed by atoms with van der Waals surface area (Å²) in [4.78, 5) is 22.5. The fraction of sp³-hybridized carbons (Fsp3) is 0.333. The second-order valence-electron chi connectivity index (χ2n) is 3.42. The standard InChI is InChI=1S/C9H10N2O2/c1-9(11-4-2-3-5-11)6-7(12)10-8(9)13/h2-5H,6H2,1H3,(H,10,12,13)/t9-/m1/s1. The van der Waals surface area contributed by atoms with Crippen LogP contribution in [0.4, 0.5) is 0 Å². The molecule has 68 valence electrons. The van der Waals surface area contributed by atoms with Gasteiger partial charge in [-0.15, -0.1) is 0 Å². The van der Waals surface area contributed by atoms with Gasteiger partial charge in [0, 0.05) is 12.4 Å². The van der Waals surface area contributed by atoms with Gasteiger partial charge in [0.15, 0.2) is 0 Å². The van der Waals surface area contributed by atoms with E-state index in [1.165, 1.54) is 0 Å². The number of nitrogens with one attached hydrogen (secondary N) is 1. The lowest BCUT2D eigenvalue weighted by molar-refractivity contribution is -0.127. The second-order valence-corrected chi connectivity index (χ2v) is 3.42. The number of carbonyl (C=O) groups excluding carboxylic acids is 2. The van der Waals surface area contributed by atoms with Gasteiger partial charge in [-0.1, -0.05) is 0 Å². The normalized spacial score (nSPS) is 27.8. The van der Waals surface area contributed by atoms with E-state index in [1.54, 1.807) is 23.9 Å². The van der Waals surface area contributed by atoms with Gasteiger partial charge in [-0.25, -0.2) is 0 Å². The Morgan fingerprint density at radius 3 is 2.46 bits per heavy atom. The summed E-state index contributed by atoms with van der Waals surface area (Å²) in [5.74, 6) is -0.435. The quantitative estimate of drug-likeness (QED) is 0.627. The summed E-state index contributed by atoms with van der Waals surface area (Å²) in [7, 11) is 0. The van der Waals surface area contributed by atoms with Crippen LogP contribution in [0.1, 0.15) is 13.3 Å². The number of imide groups is 1. The van der Waals surface area contributed by atoms with Gasteiger partial charge in [0.25, 0.3) is 5.91 Å². The molecule has 1 aromatic rings. The van der Waals surface area contributed by atoms with Crippen molar-refractivity contribution in [3.05, 3.63) is 24.5 Å². The molecule has 2 heterocycles. The predicted octanol–water partition coefficient (Wildman–Crippen LogP) is 0.250. The van der Waals surface area contributed by atoms with Gasteiger partial charge in [-0.3, -0.25) is 14.9 Å². The van der Waals surface area contributed by atoms with Crippen molar-refractivity contribution in [2.75, 3.05) is 0 Å². The molecule has 1 fully saturated rings. The molecular formula is C9H10N2O2. The van der Waals surface area contributed by atoms with Crippen molar-refractivity contribution >= 4 is 11.8 Å². The summed E-state index contributed by atoms with van der Waals surface area (Å²) in [6.07, 6.45) is 3.80. The third-order valence-electron chi connectivity index (χ3n) is 2.42. The second kappa shape index (κ2) is 2.45. The first kappa shape index (κ1) is 8.04. The van der Waals surface area contributed by atoms with Crippen LogP contribution in [0.25, 0.3) is 0 Å². The van der Waals surface area contributed by atoms with Crippen molar-refractivity contribution in [1.82, 2.24) is 9.88 Å². The molecule has 0 bridgehead atoms. The largest absolute Gasteiger partial charge is 0.339 e. The molecule has 1 atom stereocenters. The van der Waals surface area contributed by atoms with E-state index in [2.05, 4.69) is 5.32 Å². The summed E-state index contributed by atoms with van der Waals surface area (Å²) >= 11 is 0. The number of aromatic nitrogens is 1. The molecule has 1 aromatic heterocycles. The number of nitrogens with zero attached hydrogens (tertiary/aromatic N) is 1. The van der Waals surface area contributed by atoms with Crippen LogP contribution in [0.2, 0.25) is 0 Å². The highest BCUT2D eigenvalue weighted by Crippen LogP contribution is 2.25. The first-order valence-electron chi connectivity index (χ1n) is 4.11. The van der Waals surface area contributed by atoms with Gasteiger partial charge >= 0.3 is 0 Å². The van der Waals surface area contributed by atoms with E-state index in [-0.39, 0.29) is 18.2 Å². The van der Waals surface area contributed by atoms with Crippen LogP contribution in [0, 0.1) is 0 Å². The van der Waals surface area contributed by atoms with Gasteiger partial charge in [-0.05, 0) is 19.1 Å². The Morgan fingerprint density at radius 2 is 2.00 bits per heavy atom. The van der Waals surface area contributed by atoms with Crippen molar-refractivity contribution in [2.24, 2.45) is 0 Å². The minimum atomic E-state index is -0.736. The van der Waals surface area contributed by atoms with Crippen molar-refractivity contribution in [1.29, 1.82) is 0 Å². The van der Waals surface area contributed by atoms with E-state index in [1.807, 2.05) is 12.1 Å². The number of carbonyl (C=O) groups is 2. The molecule has 0 aromatic carbocycles. The maximum Gasteiger partial charge on any atom is 0.253 e. The lowest BCUT2D eigenvalue weighted by atomic mass is 10.0. The van der Waals surface area contributed by atoms with Crippen molar-refractivity contribution in [3.8, 4) is 0 Å². The Balaban J connectivity index is 2.42. The van der Waals surface area contributed by atoms with E-state index in [9.17, 15) is 9.59 Å². The third kappa shape index (κ3) is 1.06. The number of rotatable bonds is 1. The van der Waals surface area contributed by atoms with Crippen LogP contribution in [0.3, 0.4) is 0 Å². The molecule has 2 amide bonds. The molecule has 0 unspecified atom stereocenters. The zero-order valence-electron chi connectivity index (χ0n) is 7.28. The molecule has 1 aliphatic heterocycles. The van der Waals surface area contributed by atoms with Crippen LogP contribution in [-0.4, -0.2) is 16.4 Å². The Bertz CT molecular complexity index is 356. The van der Waals surface area contributed by atoms with Crippen LogP contribution in [0.5, 0.6) is 0 Å². The summed E-state index contributed by atoms with van der Waals surface area (Å²) in [6.45, 7) is 1.76. The van der Waals surface area contributed by atoms with E-state index < -0.39 is 5.54 Å². The molecule has 4 nitrogen and oxygen atoms in total. The van der Waals surface area contributed by atoms with Gasteiger partial charge in [0.05, 0.1) is 6.42 Å². The highest BCUT2D eigenvalue weighted by Gasteiger charge is 2.43. The van der Waals surface area contributed by atoms with Gasteiger partial charge in [0.1, 0.15) is 5.54 Å². The van der Waals surface area contributed by atoms with Crippen LogP contribution >= 0.6 is 0 Å². The Morgan fingerprint density at radius 1 is 1.38 bits per heavy atom. The fourth-order valence-electron chi connectivity index (χ4n) is 1.57. The Hall–Kier alpha value is -1.58. The molecule has 1 N–H and O–H groups in total. The van der Waals surface area contributed by atoms with E-state index in [0.29, 0.717) is 0 Å². The molecule has 1 saturated heterocycles. The summed E-state index contributed by atoms with van der Waals surface area (Å²) in [5, 5.41) is 2.30. The maximum atomic E-state index is 11.5. The van der Waals surface area contributed by atoms with E-state index >= 15 is 0 Å². The molecular weight excluding hydrogens is 168 g/mol. The summed E-state index contributed by atoms with van der Waals surface area (Å²) in [5.41, 5.74) is -0.736. The third-order valence-corrected chi connectivity index (χ3v) is 2.42. The minimum absolute atomic E-state index is 0.207. The van der Waals surface area contributed by atoms with Gasteiger partial charge in [0.2, 0.25) is 5.91 Å². The van der Waals surface area contributed by atoms with E-state index in [0.717, 1.165) is 0 Å². The maximum absolute atomic E-state index is 11.5. The van der Waals surface area contributed by atoms with Crippen molar-refractivity contribution in [2.45, 2.75) is 18.9 Å². The van der Waals surface area contributed by atoms with Gasteiger partial charge < -0.3 is 4.57 Å². The highest BCUT2D eigenvalue weighted by atomic mass is 16.2. The summed E-state index contributed by atoms with van der Waals surface area (Å²) in [6, 6.07) is 3.67. The Kier molecular flexibility index (Phi) is 1.52. The first-order valence-corrected chi connectivity index (χ1v) is 4.11. The lowest BCUT2D eigenvalue weighted by Gasteiger charge is -2.21. The Labute approximate surface area is 75.5 Å². The molecule has 2 rings (SSSR count). The number of hydrogen-bond donors (Lipinski definition) is 1. The van der Waals surface area contributed by atoms with Crippen LogP contribution < -0.4 is 5.32 Å². The zero-order valence-corrected chi connectivity index (χ0v) is 7.28. The van der Waals surface area contributed by atoms with Crippen molar-refractivity contribution in [3.63, 3.8) is 0 Å². The monoisotopic (exact) mass is 178 g/mol. The van der Waals surface area contributed by atoms with Crippen LogP contribution in [0.15, 0.2) is 24.5 Å². The van der Waals surface area contributed by atoms with Crippen molar-refractivity contribution < 1.29 is 9.59 Å². The lowest BCUT2D eigenvalue weighted by Crippen LogP contribution is -2.37. The minimum Gasteiger partial charge on any atom is -0.339 e. The van der Waals surface area contributed by atoms with E-state index in [4.69, 9.17) is 0 Å². The molecule has 1 aliphatic rings. The fourth-order valence-corrected chi connectivity index (χ4v) is 1.57. The first-order chi connectivity index (χ1) is 6.13. The smallest absolute Gasteiger partial charge is 0.253 e. The topological polar surface area (TPSA) is 51.1 Å². The number of hydrogen-bond acceptors (Lipinski definition) is 2. The molecule has 0 saturated carbocycles. The highest BCUT2D eigenvalue weighted by molar-refractivity contribution is 6.06. The molecule has 0 spiro atoms. The molecule has 4 heteroatoms. The zero-order chi connectivity index (χ0) is 9.47. The SMILES string of the molecule is C[C@@]1(n2cccc2)CC(=O)NC1=O. The van der Waals surface area contributed by atoms with Gasteiger partial charge in [-0.2, -0.15) is 0 Å².